The van der Waals surface area contributed by atoms with E-state index in [1.54, 1.807) is 16.8 Å². The van der Waals surface area contributed by atoms with Gasteiger partial charge in [0.05, 0.1) is 17.4 Å². The van der Waals surface area contributed by atoms with Crippen molar-refractivity contribution in [2.45, 2.75) is 11.8 Å². The van der Waals surface area contributed by atoms with Crippen molar-refractivity contribution in [2.75, 3.05) is 6.61 Å². The van der Waals surface area contributed by atoms with E-state index in [4.69, 9.17) is 16.3 Å². The molecule has 4 rings (SSSR count). The summed E-state index contributed by atoms with van der Waals surface area (Å²) in [7, 11) is 0. The molecule has 0 saturated heterocycles. The zero-order valence-corrected chi connectivity index (χ0v) is 16.5. The fraction of sp³-hybridized carbons (Fsp3) is 0.136. The largest absolute Gasteiger partial charge is 0.487 e. The molecule has 0 aliphatic rings. The molecule has 4 nitrogen and oxygen atoms in total. The van der Waals surface area contributed by atoms with Gasteiger partial charge in [-0.15, -0.1) is 0 Å². The number of hydrogen-bond donors (Lipinski definition) is 1. The first-order chi connectivity index (χ1) is 14.7. The number of aromatic nitrogens is 2. The minimum atomic E-state index is -5.08. The number of benzene rings is 3. The Morgan fingerprint density at radius 3 is 2.42 bits per heavy atom. The number of halogens is 5. The van der Waals surface area contributed by atoms with Crippen molar-refractivity contribution in [1.29, 1.82) is 0 Å². The van der Waals surface area contributed by atoms with Crippen LogP contribution < -0.4 is 4.74 Å². The molecule has 3 aromatic carbocycles. The van der Waals surface area contributed by atoms with Crippen LogP contribution >= 0.6 is 11.6 Å². The Morgan fingerprint density at radius 2 is 1.74 bits per heavy atom. The van der Waals surface area contributed by atoms with Crippen molar-refractivity contribution < 1.29 is 27.4 Å². The number of nitrogens with zero attached hydrogens (tertiary/aromatic N) is 2. The van der Waals surface area contributed by atoms with Crippen LogP contribution in [0.5, 0.6) is 5.75 Å². The molecule has 31 heavy (non-hydrogen) atoms. The maximum absolute atomic E-state index is 13.9. The summed E-state index contributed by atoms with van der Waals surface area (Å²) in [5.41, 5.74) is -2.53. The van der Waals surface area contributed by atoms with Crippen LogP contribution in [0.4, 0.5) is 17.6 Å². The van der Waals surface area contributed by atoms with Gasteiger partial charge in [0.1, 0.15) is 6.61 Å². The smallest absolute Gasteiger partial charge is 0.424 e. The van der Waals surface area contributed by atoms with Gasteiger partial charge >= 0.3 is 6.18 Å². The maximum Gasteiger partial charge on any atom is 0.424 e. The predicted molar refractivity (Wildman–Crippen MR) is 108 cm³/mol. The van der Waals surface area contributed by atoms with E-state index in [-0.39, 0.29) is 5.02 Å². The fourth-order valence-electron chi connectivity index (χ4n) is 3.17. The van der Waals surface area contributed by atoms with Gasteiger partial charge in [-0.1, -0.05) is 35.9 Å². The lowest BCUT2D eigenvalue weighted by Crippen LogP contribution is -2.47. The second-order valence-electron chi connectivity index (χ2n) is 6.89. The summed E-state index contributed by atoms with van der Waals surface area (Å²) in [5, 5.41) is 15.3. The highest BCUT2D eigenvalue weighted by atomic mass is 35.5. The second-order valence-corrected chi connectivity index (χ2v) is 7.32. The van der Waals surface area contributed by atoms with Crippen molar-refractivity contribution in [2.24, 2.45) is 0 Å². The number of ether oxygens (including phenoxy) is 1. The average Bonchev–Trinajstić information content (AvgIpc) is 3.16. The first-order valence-electron chi connectivity index (χ1n) is 9.10. The molecule has 0 radical (unpaired) electrons. The molecule has 0 bridgehead atoms. The molecule has 160 valence electrons. The first kappa shape index (κ1) is 21.1. The topological polar surface area (TPSA) is 47.3 Å². The standard InChI is InChI=1S/C22H15ClF4N2O2/c23-16-7-9-20(18(24)11-16)31-13-21(30,22(25,26)27)15-6-8-19-14(10-15)12-28-29(19)17-4-2-1-3-5-17/h1-12,30H,13H2. The first-order valence-corrected chi connectivity index (χ1v) is 9.47. The summed E-state index contributed by atoms with van der Waals surface area (Å²) in [6, 6.07) is 16.1. The fourth-order valence-corrected chi connectivity index (χ4v) is 3.33. The summed E-state index contributed by atoms with van der Waals surface area (Å²) in [4.78, 5) is 0. The van der Waals surface area contributed by atoms with Gasteiger partial charge in [-0.3, -0.25) is 0 Å². The van der Waals surface area contributed by atoms with Gasteiger partial charge in [0, 0.05) is 10.4 Å². The highest BCUT2D eigenvalue weighted by molar-refractivity contribution is 6.30. The number of para-hydroxylation sites is 1. The molecule has 1 aromatic heterocycles. The molecular weight excluding hydrogens is 436 g/mol. The van der Waals surface area contributed by atoms with Crippen LogP contribution in [0.3, 0.4) is 0 Å². The predicted octanol–water partition coefficient (Wildman–Crippen LogP) is 5.65. The summed E-state index contributed by atoms with van der Waals surface area (Å²) < 4.78 is 62.1. The van der Waals surface area contributed by atoms with E-state index < -0.39 is 35.5 Å². The summed E-state index contributed by atoms with van der Waals surface area (Å²) >= 11 is 5.64. The normalized spacial score (nSPS) is 13.9. The lowest BCUT2D eigenvalue weighted by Gasteiger charge is -2.31. The van der Waals surface area contributed by atoms with Crippen molar-refractivity contribution in [3.05, 3.63) is 89.3 Å². The Kier molecular flexibility index (Phi) is 5.36. The summed E-state index contributed by atoms with van der Waals surface area (Å²) in [6.45, 7) is -1.24. The molecule has 1 atom stereocenters. The third kappa shape index (κ3) is 3.96. The van der Waals surface area contributed by atoms with E-state index in [1.807, 2.05) is 18.2 Å². The lowest BCUT2D eigenvalue weighted by molar-refractivity contribution is -0.275. The van der Waals surface area contributed by atoms with Crippen molar-refractivity contribution in [3.8, 4) is 11.4 Å². The number of alkyl halides is 3. The number of fused-ring (bicyclic) bond motifs is 1. The molecule has 1 heterocycles. The van der Waals surface area contributed by atoms with E-state index in [2.05, 4.69) is 5.10 Å². The molecule has 1 N–H and O–H groups in total. The Bertz CT molecular complexity index is 1230. The van der Waals surface area contributed by atoms with Gasteiger partial charge < -0.3 is 9.84 Å². The molecule has 4 aromatic rings. The van der Waals surface area contributed by atoms with E-state index in [9.17, 15) is 22.7 Å². The third-order valence-electron chi connectivity index (χ3n) is 4.85. The number of hydrogen-bond acceptors (Lipinski definition) is 3. The van der Waals surface area contributed by atoms with E-state index >= 15 is 0 Å². The van der Waals surface area contributed by atoms with Crippen LogP contribution in [0.25, 0.3) is 16.6 Å². The SMILES string of the molecule is OC(COc1ccc(Cl)cc1F)(c1ccc2c(cnn2-c2ccccc2)c1)C(F)(F)F. The molecule has 0 saturated carbocycles. The molecule has 0 fully saturated rings. The average molecular weight is 451 g/mol. The van der Waals surface area contributed by atoms with Crippen LogP contribution in [0.2, 0.25) is 5.02 Å². The molecule has 0 spiro atoms. The second kappa shape index (κ2) is 7.86. The Hall–Kier alpha value is -3.10. The van der Waals surface area contributed by atoms with E-state index in [0.29, 0.717) is 10.9 Å². The molecule has 0 amide bonds. The Balaban J connectivity index is 1.70. The Labute approximate surface area is 179 Å². The van der Waals surface area contributed by atoms with Gasteiger partial charge in [-0.25, -0.2) is 9.07 Å². The van der Waals surface area contributed by atoms with Gasteiger partial charge in [-0.2, -0.15) is 18.3 Å². The zero-order chi connectivity index (χ0) is 22.2. The van der Waals surface area contributed by atoms with Crippen LogP contribution in [0, 0.1) is 5.82 Å². The maximum atomic E-state index is 13.9. The minimum absolute atomic E-state index is 0.0665. The summed E-state index contributed by atoms with van der Waals surface area (Å²) in [6.07, 6.45) is -3.68. The quantitative estimate of drug-likeness (QED) is 0.400. The van der Waals surface area contributed by atoms with E-state index in [0.717, 1.165) is 23.9 Å². The van der Waals surface area contributed by atoms with Gasteiger partial charge in [0.2, 0.25) is 5.60 Å². The Morgan fingerprint density at radius 1 is 1.00 bits per heavy atom. The zero-order valence-electron chi connectivity index (χ0n) is 15.8. The van der Waals surface area contributed by atoms with Crippen LogP contribution in [-0.4, -0.2) is 27.7 Å². The third-order valence-corrected chi connectivity index (χ3v) is 5.08. The van der Waals surface area contributed by atoms with Gasteiger partial charge in [0.15, 0.2) is 11.6 Å². The van der Waals surface area contributed by atoms with Gasteiger partial charge in [0.25, 0.3) is 0 Å². The summed E-state index contributed by atoms with van der Waals surface area (Å²) in [5.74, 6) is -1.39. The molecule has 0 aliphatic heterocycles. The highest BCUT2D eigenvalue weighted by Crippen LogP contribution is 2.40. The molecular formula is C22H15ClF4N2O2. The number of rotatable bonds is 5. The molecule has 0 aliphatic carbocycles. The lowest BCUT2D eigenvalue weighted by atomic mass is 9.93. The number of aliphatic hydroxyl groups is 1. The van der Waals surface area contributed by atoms with Crippen LogP contribution in [0.1, 0.15) is 5.56 Å². The van der Waals surface area contributed by atoms with E-state index in [1.165, 1.54) is 24.4 Å². The van der Waals surface area contributed by atoms with Crippen molar-refractivity contribution >= 4 is 22.5 Å². The van der Waals surface area contributed by atoms with Crippen LogP contribution in [0.15, 0.2) is 72.9 Å². The van der Waals surface area contributed by atoms with Crippen LogP contribution in [-0.2, 0) is 5.60 Å². The molecule has 1 unspecified atom stereocenters. The molecule has 9 heteroatoms. The van der Waals surface area contributed by atoms with Gasteiger partial charge in [-0.05, 0) is 48.0 Å². The van der Waals surface area contributed by atoms with Crippen molar-refractivity contribution in [1.82, 2.24) is 9.78 Å². The highest BCUT2D eigenvalue weighted by Gasteiger charge is 2.56. The van der Waals surface area contributed by atoms with Crippen molar-refractivity contribution in [3.63, 3.8) is 0 Å². The monoisotopic (exact) mass is 450 g/mol. The minimum Gasteiger partial charge on any atom is -0.487 e.